The van der Waals surface area contributed by atoms with E-state index in [9.17, 15) is 19.8 Å². The molecule has 0 aliphatic carbocycles. The fraction of sp³-hybridized carbons (Fsp3) is 0.0385. The van der Waals surface area contributed by atoms with Crippen LogP contribution in [-0.4, -0.2) is 34.1 Å². The smallest absolute Gasteiger partial charge is 0.337 e. The molecule has 4 N–H and O–H groups in total. The summed E-state index contributed by atoms with van der Waals surface area (Å²) in [6.07, 6.45) is 3.30. The van der Waals surface area contributed by atoms with Gasteiger partial charge in [0.25, 0.3) is 5.91 Å². The van der Waals surface area contributed by atoms with Crippen molar-refractivity contribution in [3.63, 3.8) is 0 Å². The van der Waals surface area contributed by atoms with Gasteiger partial charge in [0.15, 0.2) is 0 Å². The van der Waals surface area contributed by atoms with Gasteiger partial charge in [-0.25, -0.2) is 4.79 Å². The third-order valence-electron chi connectivity index (χ3n) is 5.24. The lowest BCUT2D eigenvalue weighted by Crippen LogP contribution is -2.15. The second kappa shape index (κ2) is 11.9. The van der Waals surface area contributed by atoms with E-state index >= 15 is 0 Å². The molecule has 35 heavy (non-hydrogen) atoms. The molecule has 0 saturated carbocycles. The summed E-state index contributed by atoms with van der Waals surface area (Å²) >= 11 is 0. The second-order valence-electron chi connectivity index (χ2n) is 7.29. The number of halogens is 2. The number of para-hydroxylation sites is 1. The van der Waals surface area contributed by atoms with Crippen LogP contribution in [0.25, 0.3) is 22.3 Å². The first-order valence-corrected chi connectivity index (χ1v) is 10.2. The Morgan fingerprint density at radius 2 is 1.54 bits per heavy atom. The van der Waals surface area contributed by atoms with Crippen LogP contribution in [0, 0.1) is 0 Å². The molecule has 0 aliphatic heterocycles. The zero-order valence-corrected chi connectivity index (χ0v) is 20.2. The van der Waals surface area contributed by atoms with Crippen LogP contribution in [0.4, 0.5) is 11.4 Å². The van der Waals surface area contributed by atoms with Crippen molar-refractivity contribution in [2.24, 2.45) is 0 Å². The van der Waals surface area contributed by atoms with Crippen LogP contribution in [-0.2, 0) is 0 Å². The van der Waals surface area contributed by atoms with E-state index in [2.05, 4.69) is 15.6 Å². The molecule has 0 atom stereocenters. The quantitative estimate of drug-likeness (QED) is 0.254. The highest BCUT2D eigenvalue weighted by Gasteiger charge is 2.18. The van der Waals surface area contributed by atoms with Crippen LogP contribution in [0.2, 0.25) is 0 Å². The van der Waals surface area contributed by atoms with Gasteiger partial charge in [0.05, 0.1) is 16.8 Å². The van der Waals surface area contributed by atoms with Gasteiger partial charge in [0.2, 0.25) is 0 Å². The number of nitrogens with zero attached hydrogens (tertiary/aromatic N) is 1. The lowest BCUT2D eigenvalue weighted by molar-refractivity contribution is 0.0698. The third kappa shape index (κ3) is 5.90. The predicted octanol–water partition coefficient (Wildman–Crippen LogP) is 5.96. The van der Waals surface area contributed by atoms with Gasteiger partial charge in [-0.15, -0.1) is 24.8 Å². The van der Waals surface area contributed by atoms with Gasteiger partial charge in [0.1, 0.15) is 5.75 Å². The van der Waals surface area contributed by atoms with Crippen LogP contribution >= 0.6 is 24.8 Å². The van der Waals surface area contributed by atoms with Gasteiger partial charge in [0, 0.05) is 36.3 Å². The minimum atomic E-state index is -1.17. The number of pyridine rings is 1. The molecule has 0 aliphatic rings. The minimum Gasteiger partial charge on any atom is -0.507 e. The summed E-state index contributed by atoms with van der Waals surface area (Å²) in [6.45, 7) is 0. The van der Waals surface area contributed by atoms with Gasteiger partial charge < -0.3 is 20.8 Å². The Morgan fingerprint density at radius 1 is 0.800 bits per heavy atom. The third-order valence-corrected chi connectivity index (χ3v) is 5.24. The molecule has 1 amide bonds. The molecule has 1 aromatic heterocycles. The van der Waals surface area contributed by atoms with Gasteiger partial charge in [-0.1, -0.05) is 36.4 Å². The first-order valence-electron chi connectivity index (χ1n) is 10.2. The molecule has 7 nitrogen and oxygen atoms in total. The van der Waals surface area contributed by atoms with Crippen molar-refractivity contribution < 1.29 is 19.8 Å². The van der Waals surface area contributed by atoms with Crippen LogP contribution < -0.4 is 10.6 Å². The number of carbonyl (C=O) groups is 2. The maximum absolute atomic E-state index is 13.1. The van der Waals surface area contributed by atoms with E-state index in [-0.39, 0.29) is 47.4 Å². The molecule has 4 rings (SSSR count). The van der Waals surface area contributed by atoms with E-state index < -0.39 is 11.9 Å². The number of aromatic hydroxyl groups is 1. The molecule has 1 heterocycles. The standard InChI is InChI=1S/C26H21N3O4.2ClH/c1-27-22-7-3-2-6-19(22)17-8-10-20(26(32)33)23(14-17)29-25(31)21-13-16(9-11-24(21)30)18-5-4-12-28-15-18;;/h2-15,27,30H,1H3,(H,29,31)(H,32,33);2*1H. The number of anilines is 2. The van der Waals surface area contributed by atoms with Gasteiger partial charge in [-0.3, -0.25) is 9.78 Å². The second-order valence-corrected chi connectivity index (χ2v) is 7.29. The van der Waals surface area contributed by atoms with Crippen molar-refractivity contribution in [1.29, 1.82) is 0 Å². The maximum atomic E-state index is 13.1. The highest BCUT2D eigenvalue weighted by Crippen LogP contribution is 2.32. The predicted molar refractivity (Wildman–Crippen MR) is 142 cm³/mol. The highest BCUT2D eigenvalue weighted by molar-refractivity contribution is 6.10. The number of phenols is 1. The lowest BCUT2D eigenvalue weighted by Gasteiger charge is -2.14. The van der Waals surface area contributed by atoms with E-state index in [1.54, 1.807) is 49.8 Å². The SMILES string of the molecule is CNc1ccccc1-c1ccc(C(=O)O)c(NC(=O)c2cc(-c3cccnc3)ccc2O)c1.Cl.Cl. The van der Waals surface area contributed by atoms with E-state index in [1.165, 1.54) is 12.1 Å². The van der Waals surface area contributed by atoms with Crippen molar-refractivity contribution >= 4 is 48.1 Å². The van der Waals surface area contributed by atoms with E-state index in [1.807, 2.05) is 30.3 Å². The summed E-state index contributed by atoms with van der Waals surface area (Å²) in [5.41, 5.74) is 4.01. The number of aromatic carboxylic acids is 1. The van der Waals surface area contributed by atoms with Crippen LogP contribution in [0.3, 0.4) is 0 Å². The first kappa shape index (κ1) is 27.2. The summed E-state index contributed by atoms with van der Waals surface area (Å²) < 4.78 is 0. The Kier molecular flexibility index (Phi) is 9.22. The van der Waals surface area contributed by atoms with Crippen LogP contribution in [0.15, 0.2) is 85.2 Å². The molecule has 0 spiro atoms. The van der Waals surface area contributed by atoms with Crippen molar-refractivity contribution in [3.05, 3.63) is 96.3 Å². The average molecular weight is 512 g/mol. The van der Waals surface area contributed by atoms with Gasteiger partial charge >= 0.3 is 5.97 Å². The molecular formula is C26H23Cl2N3O4. The van der Waals surface area contributed by atoms with Crippen molar-refractivity contribution in [2.45, 2.75) is 0 Å². The van der Waals surface area contributed by atoms with E-state index in [0.717, 1.165) is 22.4 Å². The Balaban J connectivity index is 0.00000216. The normalized spacial score (nSPS) is 9.86. The zero-order chi connectivity index (χ0) is 23.4. The number of aromatic nitrogens is 1. The zero-order valence-electron chi connectivity index (χ0n) is 18.6. The number of carboxylic acids is 1. The molecule has 9 heteroatoms. The Morgan fingerprint density at radius 3 is 2.23 bits per heavy atom. The Bertz CT molecular complexity index is 1350. The number of carbonyl (C=O) groups excluding carboxylic acids is 1. The maximum Gasteiger partial charge on any atom is 0.337 e. The molecule has 0 saturated heterocycles. The number of benzene rings is 3. The number of carboxylic acid groups (broad SMARTS) is 1. The molecule has 0 fully saturated rings. The molecule has 0 radical (unpaired) electrons. The number of phenolic OH excluding ortho intramolecular Hbond substituents is 1. The van der Waals surface area contributed by atoms with E-state index in [0.29, 0.717) is 5.56 Å². The molecule has 180 valence electrons. The largest absolute Gasteiger partial charge is 0.507 e. The van der Waals surface area contributed by atoms with Gasteiger partial charge in [-0.2, -0.15) is 0 Å². The summed E-state index contributed by atoms with van der Waals surface area (Å²) in [4.78, 5) is 28.9. The monoisotopic (exact) mass is 511 g/mol. The summed E-state index contributed by atoms with van der Waals surface area (Å²) in [6, 6.07) is 20.6. The number of hydrogen-bond acceptors (Lipinski definition) is 5. The Labute approximate surface area is 214 Å². The topological polar surface area (TPSA) is 112 Å². The minimum absolute atomic E-state index is 0. The van der Waals surface area contributed by atoms with E-state index in [4.69, 9.17) is 0 Å². The summed E-state index contributed by atoms with van der Waals surface area (Å²) in [5.74, 6) is -2.01. The van der Waals surface area contributed by atoms with Crippen LogP contribution in [0.5, 0.6) is 5.75 Å². The fourth-order valence-electron chi connectivity index (χ4n) is 3.58. The molecule has 3 aromatic carbocycles. The fourth-order valence-corrected chi connectivity index (χ4v) is 3.58. The van der Waals surface area contributed by atoms with Crippen molar-refractivity contribution in [2.75, 3.05) is 17.7 Å². The van der Waals surface area contributed by atoms with Crippen molar-refractivity contribution in [1.82, 2.24) is 4.98 Å². The van der Waals surface area contributed by atoms with Crippen molar-refractivity contribution in [3.8, 4) is 28.0 Å². The van der Waals surface area contributed by atoms with Gasteiger partial charge in [-0.05, 0) is 47.5 Å². The average Bonchev–Trinajstić information content (AvgIpc) is 2.84. The highest BCUT2D eigenvalue weighted by atomic mass is 35.5. The van der Waals surface area contributed by atoms with Crippen LogP contribution in [0.1, 0.15) is 20.7 Å². The summed E-state index contributed by atoms with van der Waals surface area (Å²) in [5, 5.41) is 25.7. The molecular weight excluding hydrogens is 489 g/mol. The first-order chi connectivity index (χ1) is 16.0. The number of amides is 1. The molecule has 0 bridgehead atoms. The molecule has 4 aromatic rings. The molecule has 0 unspecified atom stereocenters. The number of nitrogens with one attached hydrogen (secondary N) is 2. The Hall–Kier alpha value is -4.07. The number of hydrogen-bond donors (Lipinski definition) is 4. The number of rotatable bonds is 6. The summed E-state index contributed by atoms with van der Waals surface area (Å²) in [7, 11) is 1.80. The lowest BCUT2D eigenvalue weighted by atomic mass is 10.00.